The van der Waals surface area contributed by atoms with Gasteiger partial charge in [0.25, 0.3) is 5.56 Å². The number of aryl methyl sites for hydroxylation is 1. The van der Waals surface area contributed by atoms with Gasteiger partial charge in [0.15, 0.2) is 0 Å². The maximum atomic E-state index is 11.8. The van der Waals surface area contributed by atoms with E-state index in [1.165, 1.54) is 4.57 Å². The van der Waals surface area contributed by atoms with Crippen molar-refractivity contribution in [3.63, 3.8) is 0 Å². The summed E-state index contributed by atoms with van der Waals surface area (Å²) >= 11 is 12.1. The van der Waals surface area contributed by atoms with Crippen LogP contribution in [0.2, 0.25) is 10.0 Å². The van der Waals surface area contributed by atoms with Crippen LogP contribution in [0.3, 0.4) is 0 Å². The minimum Gasteiger partial charge on any atom is -0.370 e. The van der Waals surface area contributed by atoms with Crippen LogP contribution in [0.15, 0.2) is 35.4 Å². The second-order valence-electron chi connectivity index (χ2n) is 5.62. The van der Waals surface area contributed by atoms with Crippen molar-refractivity contribution in [1.29, 1.82) is 0 Å². The third-order valence-corrected chi connectivity index (χ3v) is 4.79. The van der Waals surface area contributed by atoms with Gasteiger partial charge in [0.2, 0.25) is 0 Å². The molecule has 1 aromatic heterocycles. The minimum absolute atomic E-state index is 0.0411. The van der Waals surface area contributed by atoms with Crippen LogP contribution in [-0.4, -0.2) is 35.7 Å². The molecule has 1 aromatic carbocycles. The highest BCUT2D eigenvalue weighted by Gasteiger charge is 2.17. The highest BCUT2D eigenvalue weighted by molar-refractivity contribution is 6.42. The molecule has 23 heavy (non-hydrogen) atoms. The Morgan fingerprint density at radius 1 is 1.00 bits per heavy atom. The Bertz CT molecular complexity index is 762. The van der Waals surface area contributed by atoms with Crippen LogP contribution in [0.25, 0.3) is 0 Å². The molecule has 3 rings (SSSR count). The summed E-state index contributed by atoms with van der Waals surface area (Å²) in [6.07, 6.45) is 2.55. The molecule has 2 aromatic rings. The third kappa shape index (κ3) is 3.62. The van der Waals surface area contributed by atoms with E-state index in [1.54, 1.807) is 19.4 Å². The summed E-state index contributed by atoms with van der Waals surface area (Å²) in [6, 6.07) is 7.30. The number of aromatic nitrogens is 2. The van der Waals surface area contributed by atoms with Gasteiger partial charge in [0.05, 0.1) is 16.4 Å². The molecule has 0 atom stereocenters. The predicted octanol–water partition coefficient (Wildman–Crippen LogP) is 2.80. The van der Waals surface area contributed by atoms with E-state index in [-0.39, 0.29) is 5.56 Å². The number of anilines is 2. The normalized spacial score (nSPS) is 15.6. The van der Waals surface area contributed by atoms with Gasteiger partial charge in [0, 0.05) is 45.0 Å². The molecule has 0 aliphatic carbocycles. The second kappa shape index (κ2) is 6.81. The second-order valence-corrected chi connectivity index (χ2v) is 6.44. The first-order chi connectivity index (χ1) is 11.0. The van der Waals surface area contributed by atoms with Crippen molar-refractivity contribution in [1.82, 2.24) is 9.55 Å². The Labute approximate surface area is 145 Å². The van der Waals surface area contributed by atoms with Crippen molar-refractivity contribution in [3.8, 4) is 0 Å². The quantitative estimate of drug-likeness (QED) is 0.833. The van der Waals surface area contributed by atoms with E-state index >= 15 is 0 Å². The van der Waals surface area contributed by atoms with Crippen LogP contribution in [0.1, 0.15) is 6.42 Å². The van der Waals surface area contributed by atoms with E-state index < -0.39 is 0 Å². The number of hydrogen-bond acceptors (Lipinski definition) is 4. The lowest BCUT2D eigenvalue weighted by molar-refractivity contribution is 0.769. The average Bonchev–Trinajstić information content (AvgIpc) is 2.79. The van der Waals surface area contributed by atoms with E-state index in [2.05, 4.69) is 14.8 Å². The smallest absolute Gasteiger partial charge is 0.255 e. The van der Waals surface area contributed by atoms with Gasteiger partial charge in [-0.3, -0.25) is 4.79 Å². The van der Waals surface area contributed by atoms with Gasteiger partial charge < -0.3 is 14.4 Å². The lowest BCUT2D eigenvalue weighted by atomic mass is 10.2. The fourth-order valence-electron chi connectivity index (χ4n) is 2.71. The zero-order chi connectivity index (χ0) is 16.4. The summed E-state index contributed by atoms with van der Waals surface area (Å²) in [6.45, 7) is 3.45. The summed E-state index contributed by atoms with van der Waals surface area (Å²) in [4.78, 5) is 20.6. The summed E-state index contributed by atoms with van der Waals surface area (Å²) in [7, 11) is 1.70. The van der Waals surface area contributed by atoms with Crippen molar-refractivity contribution in [2.24, 2.45) is 7.05 Å². The van der Waals surface area contributed by atoms with Gasteiger partial charge in [-0.1, -0.05) is 23.2 Å². The zero-order valence-electron chi connectivity index (χ0n) is 12.9. The lowest BCUT2D eigenvalue weighted by Gasteiger charge is -2.24. The first-order valence-electron chi connectivity index (χ1n) is 7.52. The van der Waals surface area contributed by atoms with E-state index in [9.17, 15) is 4.79 Å². The van der Waals surface area contributed by atoms with Crippen molar-refractivity contribution in [2.75, 3.05) is 36.0 Å². The van der Waals surface area contributed by atoms with Crippen LogP contribution in [0, 0.1) is 0 Å². The molecule has 0 N–H and O–H groups in total. The Hall–Kier alpha value is -1.72. The molecule has 0 radical (unpaired) electrons. The van der Waals surface area contributed by atoms with Gasteiger partial charge in [-0.2, -0.15) is 0 Å². The molecule has 1 fully saturated rings. The fraction of sp³-hybridized carbons (Fsp3) is 0.375. The molecule has 7 heteroatoms. The Balaban J connectivity index is 1.75. The number of benzene rings is 1. The maximum absolute atomic E-state index is 11.8. The van der Waals surface area contributed by atoms with Crippen LogP contribution in [0.5, 0.6) is 0 Å². The molecule has 0 amide bonds. The van der Waals surface area contributed by atoms with Crippen molar-refractivity contribution in [2.45, 2.75) is 6.42 Å². The van der Waals surface area contributed by atoms with Crippen molar-refractivity contribution < 1.29 is 0 Å². The van der Waals surface area contributed by atoms with E-state index in [1.807, 2.05) is 18.2 Å². The maximum Gasteiger partial charge on any atom is 0.255 e. The molecule has 0 unspecified atom stereocenters. The first-order valence-corrected chi connectivity index (χ1v) is 8.28. The molecule has 0 spiro atoms. The monoisotopic (exact) mass is 352 g/mol. The van der Waals surface area contributed by atoms with Crippen LogP contribution < -0.4 is 15.4 Å². The fourth-order valence-corrected chi connectivity index (χ4v) is 3.00. The van der Waals surface area contributed by atoms with E-state index in [0.717, 1.165) is 44.1 Å². The topological polar surface area (TPSA) is 41.4 Å². The standard InChI is InChI=1S/C16H18Cl2N4O/c1-20-11-19-15(10-16(20)23)22-6-2-5-21(7-8-22)12-3-4-13(17)14(18)9-12/h3-4,9-11H,2,5-8H2,1H3. The molecule has 5 nitrogen and oxygen atoms in total. The van der Waals surface area contributed by atoms with E-state index in [4.69, 9.17) is 23.2 Å². The molecule has 0 saturated carbocycles. The van der Waals surface area contributed by atoms with Crippen molar-refractivity contribution in [3.05, 3.63) is 51.0 Å². The van der Waals surface area contributed by atoms with Gasteiger partial charge in [0.1, 0.15) is 5.82 Å². The predicted molar refractivity (Wildman–Crippen MR) is 95.0 cm³/mol. The zero-order valence-corrected chi connectivity index (χ0v) is 14.4. The van der Waals surface area contributed by atoms with Gasteiger partial charge in [-0.05, 0) is 24.6 Å². The number of nitrogens with zero attached hydrogens (tertiary/aromatic N) is 4. The summed E-state index contributed by atoms with van der Waals surface area (Å²) < 4.78 is 1.48. The van der Waals surface area contributed by atoms with Crippen molar-refractivity contribution >= 4 is 34.7 Å². The van der Waals surface area contributed by atoms with Crippen LogP contribution in [-0.2, 0) is 7.05 Å². The first kappa shape index (κ1) is 16.1. The van der Waals surface area contributed by atoms with Gasteiger partial charge in [-0.15, -0.1) is 0 Å². The Morgan fingerprint density at radius 3 is 2.48 bits per heavy atom. The summed E-state index contributed by atoms with van der Waals surface area (Å²) in [5.41, 5.74) is 1.03. The molecule has 1 saturated heterocycles. The molecule has 0 bridgehead atoms. The number of rotatable bonds is 2. The molecule has 2 heterocycles. The van der Waals surface area contributed by atoms with E-state index in [0.29, 0.717) is 10.0 Å². The van der Waals surface area contributed by atoms with Crippen LogP contribution in [0.4, 0.5) is 11.5 Å². The highest BCUT2D eigenvalue weighted by Crippen LogP contribution is 2.28. The summed E-state index contributed by atoms with van der Waals surface area (Å²) in [5.74, 6) is 0.740. The summed E-state index contributed by atoms with van der Waals surface area (Å²) in [5, 5.41) is 1.13. The van der Waals surface area contributed by atoms with Crippen LogP contribution >= 0.6 is 23.2 Å². The van der Waals surface area contributed by atoms with Gasteiger partial charge in [-0.25, -0.2) is 4.98 Å². The molecular formula is C16H18Cl2N4O. The molecular weight excluding hydrogens is 335 g/mol. The molecule has 1 aliphatic heterocycles. The Kier molecular flexibility index (Phi) is 4.78. The minimum atomic E-state index is -0.0411. The SMILES string of the molecule is Cn1cnc(N2CCCN(c3ccc(Cl)c(Cl)c3)CC2)cc1=O. The molecule has 1 aliphatic rings. The third-order valence-electron chi connectivity index (χ3n) is 4.05. The lowest BCUT2D eigenvalue weighted by Crippen LogP contribution is -2.32. The van der Waals surface area contributed by atoms with Gasteiger partial charge >= 0.3 is 0 Å². The average molecular weight is 353 g/mol. The number of hydrogen-bond donors (Lipinski definition) is 0. The molecule has 122 valence electrons. The number of halogens is 2. The Morgan fingerprint density at radius 2 is 1.74 bits per heavy atom. The largest absolute Gasteiger partial charge is 0.370 e. The highest BCUT2D eigenvalue weighted by atomic mass is 35.5.